The third-order valence-corrected chi connectivity index (χ3v) is 1.45. The highest BCUT2D eigenvalue weighted by molar-refractivity contribution is 5.78. The van der Waals surface area contributed by atoms with Crippen LogP contribution in [-0.4, -0.2) is 24.2 Å². The van der Waals surface area contributed by atoms with Crippen molar-refractivity contribution in [2.24, 2.45) is 0 Å². The summed E-state index contributed by atoms with van der Waals surface area (Å²) in [6.07, 6.45) is 1.47. The summed E-state index contributed by atoms with van der Waals surface area (Å²) in [5, 5.41) is 17.1. The predicted molar refractivity (Wildman–Crippen MR) is 46.8 cm³/mol. The average Bonchev–Trinajstić information content (AvgIpc) is 2.67. The molecule has 0 saturated carbocycles. The third kappa shape index (κ3) is 3.69. The molecule has 2 N–H and O–H groups in total. The predicted octanol–water partition coefficient (Wildman–Crippen LogP) is -0.596. The fourth-order valence-electron chi connectivity index (χ4n) is 0.833. The number of carbonyl (C=O) groups is 1. The normalized spacial score (nSPS) is 9.36. The van der Waals surface area contributed by atoms with E-state index in [4.69, 9.17) is 5.26 Å². The lowest BCUT2D eigenvalue weighted by Gasteiger charge is -2.01. The summed E-state index contributed by atoms with van der Waals surface area (Å²) in [4.78, 5) is 11.0. The molecule has 1 amide bonds. The summed E-state index contributed by atoms with van der Waals surface area (Å²) < 4.78 is 4.60. The van der Waals surface area contributed by atoms with E-state index in [9.17, 15) is 4.79 Å². The molecule has 0 saturated heterocycles. The summed E-state index contributed by atoms with van der Waals surface area (Å²) >= 11 is 0. The molecule has 14 heavy (non-hydrogen) atoms. The highest BCUT2D eigenvalue weighted by Crippen LogP contribution is 1.91. The molecule has 0 aliphatic heterocycles. The van der Waals surface area contributed by atoms with Crippen LogP contribution in [-0.2, 0) is 11.3 Å². The lowest BCUT2D eigenvalue weighted by Crippen LogP contribution is -2.33. The molecule has 0 unspecified atom stereocenters. The standard InChI is InChI=1S/C8H10N4O2/c9-2-3-11-8(13)6-10-5-7-1-4-14-12-7/h1,4,10H,3,5-6H2,(H,11,13). The number of amides is 1. The first-order valence-corrected chi connectivity index (χ1v) is 4.06. The number of rotatable bonds is 5. The van der Waals surface area contributed by atoms with E-state index in [1.165, 1.54) is 6.26 Å². The van der Waals surface area contributed by atoms with E-state index in [-0.39, 0.29) is 19.0 Å². The van der Waals surface area contributed by atoms with Crippen molar-refractivity contribution in [2.75, 3.05) is 13.1 Å². The van der Waals surface area contributed by atoms with Crippen molar-refractivity contribution < 1.29 is 9.32 Å². The quantitative estimate of drug-likeness (QED) is 0.611. The molecule has 0 spiro atoms. The van der Waals surface area contributed by atoms with Crippen molar-refractivity contribution in [3.63, 3.8) is 0 Å². The Morgan fingerprint density at radius 3 is 3.21 bits per heavy atom. The minimum atomic E-state index is -0.213. The van der Waals surface area contributed by atoms with E-state index >= 15 is 0 Å². The average molecular weight is 194 g/mol. The highest BCUT2D eigenvalue weighted by Gasteiger charge is 2.00. The molecular formula is C8H10N4O2. The van der Waals surface area contributed by atoms with Crippen molar-refractivity contribution in [1.82, 2.24) is 15.8 Å². The van der Waals surface area contributed by atoms with Gasteiger partial charge in [0.25, 0.3) is 0 Å². The number of nitriles is 1. The van der Waals surface area contributed by atoms with Crippen LogP contribution >= 0.6 is 0 Å². The van der Waals surface area contributed by atoms with Gasteiger partial charge in [0.15, 0.2) is 0 Å². The minimum absolute atomic E-state index is 0.0322. The van der Waals surface area contributed by atoms with Gasteiger partial charge in [0.05, 0.1) is 18.3 Å². The van der Waals surface area contributed by atoms with E-state index < -0.39 is 0 Å². The Morgan fingerprint density at radius 2 is 2.57 bits per heavy atom. The van der Waals surface area contributed by atoms with Gasteiger partial charge in [0.2, 0.25) is 5.91 Å². The van der Waals surface area contributed by atoms with Crippen molar-refractivity contribution in [3.05, 3.63) is 18.0 Å². The van der Waals surface area contributed by atoms with E-state index in [0.717, 1.165) is 5.69 Å². The zero-order valence-corrected chi connectivity index (χ0v) is 7.49. The molecule has 1 aromatic rings. The van der Waals surface area contributed by atoms with Gasteiger partial charge in [-0.25, -0.2) is 0 Å². The molecule has 0 aromatic carbocycles. The van der Waals surface area contributed by atoms with Crippen LogP contribution in [0, 0.1) is 11.3 Å². The Bertz CT molecular complexity index is 315. The van der Waals surface area contributed by atoms with E-state index in [0.29, 0.717) is 6.54 Å². The number of carbonyl (C=O) groups excluding carboxylic acids is 1. The second kappa shape index (κ2) is 5.72. The smallest absolute Gasteiger partial charge is 0.234 e. The monoisotopic (exact) mass is 194 g/mol. The molecule has 6 nitrogen and oxygen atoms in total. The summed E-state index contributed by atoms with van der Waals surface area (Å²) in [6, 6.07) is 3.52. The van der Waals surface area contributed by atoms with E-state index in [2.05, 4.69) is 20.3 Å². The Hall–Kier alpha value is -1.87. The van der Waals surface area contributed by atoms with Crippen molar-refractivity contribution in [3.8, 4) is 6.07 Å². The maximum absolute atomic E-state index is 11.0. The SMILES string of the molecule is N#CCNC(=O)CNCc1ccon1. The van der Waals surface area contributed by atoms with E-state index in [1.807, 2.05) is 6.07 Å². The van der Waals surface area contributed by atoms with Crippen molar-refractivity contribution >= 4 is 5.91 Å². The molecular weight excluding hydrogens is 184 g/mol. The fourth-order valence-corrected chi connectivity index (χ4v) is 0.833. The van der Waals surface area contributed by atoms with Gasteiger partial charge in [-0.15, -0.1) is 0 Å². The molecule has 1 heterocycles. The Morgan fingerprint density at radius 1 is 1.71 bits per heavy atom. The van der Waals surface area contributed by atoms with Gasteiger partial charge in [-0.1, -0.05) is 5.16 Å². The molecule has 0 aliphatic carbocycles. The number of hydrogen-bond acceptors (Lipinski definition) is 5. The minimum Gasteiger partial charge on any atom is -0.364 e. The first-order valence-electron chi connectivity index (χ1n) is 4.06. The summed E-state index contributed by atoms with van der Waals surface area (Å²) in [6.45, 7) is 0.662. The molecule has 0 aliphatic rings. The highest BCUT2D eigenvalue weighted by atomic mass is 16.5. The largest absolute Gasteiger partial charge is 0.364 e. The van der Waals surface area contributed by atoms with Crippen LogP contribution < -0.4 is 10.6 Å². The molecule has 0 atom stereocenters. The van der Waals surface area contributed by atoms with E-state index in [1.54, 1.807) is 6.07 Å². The lowest BCUT2D eigenvalue weighted by molar-refractivity contribution is -0.120. The topological polar surface area (TPSA) is 91.0 Å². The molecule has 0 bridgehead atoms. The van der Waals surface area contributed by atoms with Crippen LogP contribution in [0.5, 0.6) is 0 Å². The Labute approximate surface area is 80.9 Å². The molecule has 6 heteroatoms. The molecule has 1 rings (SSSR count). The van der Waals surface area contributed by atoms with Gasteiger partial charge in [0, 0.05) is 12.6 Å². The fraction of sp³-hybridized carbons (Fsp3) is 0.375. The number of nitrogens with zero attached hydrogens (tertiary/aromatic N) is 2. The first kappa shape index (κ1) is 10.2. The van der Waals surface area contributed by atoms with Crippen molar-refractivity contribution in [1.29, 1.82) is 5.26 Å². The second-order valence-electron chi connectivity index (χ2n) is 2.53. The van der Waals surface area contributed by atoms with Crippen LogP contribution in [0.3, 0.4) is 0 Å². The van der Waals surface area contributed by atoms with Gasteiger partial charge >= 0.3 is 0 Å². The molecule has 0 radical (unpaired) electrons. The zero-order chi connectivity index (χ0) is 10.2. The van der Waals surface area contributed by atoms with Crippen LogP contribution in [0.2, 0.25) is 0 Å². The molecule has 74 valence electrons. The number of nitrogens with one attached hydrogen (secondary N) is 2. The van der Waals surface area contributed by atoms with Gasteiger partial charge in [-0.05, 0) is 0 Å². The first-order chi connectivity index (χ1) is 6.83. The Kier molecular flexibility index (Phi) is 4.17. The zero-order valence-electron chi connectivity index (χ0n) is 7.49. The summed E-state index contributed by atoms with van der Waals surface area (Å²) in [5.41, 5.74) is 0.734. The van der Waals surface area contributed by atoms with Gasteiger partial charge in [0.1, 0.15) is 12.8 Å². The Balaban J connectivity index is 2.10. The lowest BCUT2D eigenvalue weighted by atomic mass is 10.4. The molecule has 1 aromatic heterocycles. The van der Waals surface area contributed by atoms with Crippen LogP contribution in [0.4, 0.5) is 0 Å². The van der Waals surface area contributed by atoms with Crippen LogP contribution in [0.25, 0.3) is 0 Å². The summed E-state index contributed by atoms with van der Waals surface area (Å²) in [7, 11) is 0. The maximum Gasteiger partial charge on any atom is 0.234 e. The van der Waals surface area contributed by atoms with Gasteiger partial charge < -0.3 is 15.2 Å². The molecule has 0 fully saturated rings. The van der Waals surface area contributed by atoms with Crippen molar-refractivity contribution in [2.45, 2.75) is 6.54 Å². The number of hydrogen-bond donors (Lipinski definition) is 2. The maximum atomic E-state index is 11.0. The van der Waals surface area contributed by atoms with Gasteiger partial charge in [-0.2, -0.15) is 5.26 Å². The van der Waals surface area contributed by atoms with Crippen LogP contribution in [0.15, 0.2) is 16.9 Å². The van der Waals surface area contributed by atoms with Crippen LogP contribution in [0.1, 0.15) is 5.69 Å². The summed E-state index contributed by atoms with van der Waals surface area (Å²) in [5.74, 6) is -0.213. The van der Waals surface area contributed by atoms with Gasteiger partial charge in [-0.3, -0.25) is 4.79 Å². The third-order valence-electron chi connectivity index (χ3n) is 1.45. The number of aromatic nitrogens is 1. The second-order valence-corrected chi connectivity index (χ2v) is 2.53.